The summed E-state index contributed by atoms with van der Waals surface area (Å²) in [5.74, 6) is 4.68. The minimum absolute atomic E-state index is 0.128. The van der Waals surface area contributed by atoms with Gasteiger partial charge < -0.3 is 14.0 Å². The van der Waals surface area contributed by atoms with Crippen molar-refractivity contribution in [1.82, 2.24) is 23.1 Å². The van der Waals surface area contributed by atoms with Crippen molar-refractivity contribution in [3.8, 4) is 11.5 Å². The molecule has 0 unspecified atom stereocenters. The molecule has 4 aliphatic rings. The van der Waals surface area contributed by atoms with Gasteiger partial charge in [-0.15, -0.1) is 0 Å². The van der Waals surface area contributed by atoms with Crippen molar-refractivity contribution in [3.05, 3.63) is 56.5 Å². The summed E-state index contributed by atoms with van der Waals surface area (Å²) in [4.78, 5) is 31.0. The molecule has 9 heteroatoms. The average molecular weight is 546 g/mol. The third kappa shape index (κ3) is 3.76. The molecule has 0 saturated heterocycles. The van der Waals surface area contributed by atoms with Gasteiger partial charge in [-0.1, -0.05) is 6.07 Å². The van der Waals surface area contributed by atoms with Crippen LogP contribution in [-0.2, 0) is 32.5 Å². The lowest BCUT2D eigenvalue weighted by Gasteiger charge is -2.56. The summed E-state index contributed by atoms with van der Waals surface area (Å²) in [6.07, 6.45) is 10.7. The second kappa shape index (κ2) is 9.28. The van der Waals surface area contributed by atoms with Gasteiger partial charge in [0.2, 0.25) is 5.78 Å². The zero-order valence-electron chi connectivity index (χ0n) is 24.0. The first-order valence-electron chi connectivity index (χ1n) is 14.9. The molecule has 4 saturated carbocycles. The lowest BCUT2D eigenvalue weighted by molar-refractivity contribution is -0.00872. The molecule has 0 radical (unpaired) electrons. The van der Waals surface area contributed by atoms with E-state index in [1.165, 1.54) is 53.4 Å². The maximum Gasteiger partial charge on any atom is 0.332 e. The molecule has 1 aromatic carbocycles. The molecule has 8 rings (SSSR count). The number of hydrogen-bond donors (Lipinski definition) is 0. The van der Waals surface area contributed by atoms with E-state index in [1.54, 1.807) is 14.1 Å². The average Bonchev–Trinajstić information content (AvgIpc) is 3.47. The minimum Gasteiger partial charge on any atom is -0.490 e. The molecule has 0 spiro atoms. The van der Waals surface area contributed by atoms with Crippen molar-refractivity contribution in [2.45, 2.75) is 70.8 Å². The van der Waals surface area contributed by atoms with Crippen LogP contribution in [0.25, 0.3) is 16.9 Å². The highest BCUT2D eigenvalue weighted by atomic mass is 16.5. The van der Waals surface area contributed by atoms with E-state index in [-0.39, 0.29) is 16.7 Å². The minimum atomic E-state index is -0.357. The molecule has 0 amide bonds. The SMILES string of the molecule is CCOc1ccc(CCn2c(C34CC5CC(CC(C5)C3)C4)cn3c4c(=O)n(C)c(=O)n(C)c4nc23)cc1OCC. The van der Waals surface area contributed by atoms with Gasteiger partial charge in [-0.3, -0.25) is 18.3 Å². The molecule has 0 N–H and O–H groups in total. The highest BCUT2D eigenvalue weighted by molar-refractivity contribution is 5.75. The van der Waals surface area contributed by atoms with E-state index >= 15 is 0 Å². The van der Waals surface area contributed by atoms with Crippen molar-refractivity contribution in [2.75, 3.05) is 13.2 Å². The Morgan fingerprint density at radius 2 is 1.57 bits per heavy atom. The Bertz CT molecular complexity index is 1700. The van der Waals surface area contributed by atoms with Crippen LogP contribution >= 0.6 is 0 Å². The van der Waals surface area contributed by atoms with Crippen LogP contribution in [0.15, 0.2) is 34.0 Å². The van der Waals surface area contributed by atoms with Gasteiger partial charge in [0.05, 0.1) is 13.2 Å². The molecule has 3 aromatic heterocycles. The number of nitrogens with zero attached hydrogens (tertiary/aromatic N) is 5. The van der Waals surface area contributed by atoms with Crippen molar-refractivity contribution in [3.63, 3.8) is 0 Å². The van der Waals surface area contributed by atoms with Crippen LogP contribution in [-0.4, -0.2) is 36.3 Å². The summed E-state index contributed by atoms with van der Waals surface area (Å²) in [6, 6.07) is 6.19. The van der Waals surface area contributed by atoms with Gasteiger partial charge in [-0.05, 0) is 94.2 Å². The van der Waals surface area contributed by atoms with Gasteiger partial charge in [-0.2, -0.15) is 4.98 Å². The number of aromatic nitrogens is 5. The first kappa shape index (κ1) is 25.5. The van der Waals surface area contributed by atoms with Crippen LogP contribution in [0.5, 0.6) is 11.5 Å². The van der Waals surface area contributed by atoms with Crippen molar-refractivity contribution >= 4 is 16.9 Å². The summed E-state index contributed by atoms with van der Waals surface area (Å²) in [5, 5.41) is 0. The number of ether oxygens (including phenoxy) is 2. The van der Waals surface area contributed by atoms with Crippen molar-refractivity contribution in [2.24, 2.45) is 31.8 Å². The molecule has 9 nitrogen and oxygen atoms in total. The maximum absolute atomic E-state index is 13.4. The van der Waals surface area contributed by atoms with Gasteiger partial charge in [0.15, 0.2) is 22.7 Å². The van der Waals surface area contributed by atoms with Crippen LogP contribution in [0.1, 0.15) is 63.6 Å². The Balaban J connectivity index is 1.36. The highest BCUT2D eigenvalue weighted by Gasteiger charge is 2.53. The van der Waals surface area contributed by atoms with Crippen LogP contribution in [0.4, 0.5) is 0 Å². The first-order valence-corrected chi connectivity index (χ1v) is 14.9. The normalized spacial score (nSPS) is 25.4. The smallest absolute Gasteiger partial charge is 0.332 e. The van der Waals surface area contributed by atoms with Crippen molar-refractivity contribution in [1.29, 1.82) is 0 Å². The molecule has 40 heavy (non-hydrogen) atoms. The number of hydrogen-bond acceptors (Lipinski definition) is 5. The number of benzene rings is 1. The molecule has 3 heterocycles. The standard InChI is InChI=1S/C31H39N5O4/c1-5-39-23-8-7-19(14-24(23)40-6-2)9-10-35-25(31-15-20-11-21(16-31)13-22(12-20)17-31)18-36-26-27(32-29(35)36)33(3)30(38)34(4)28(26)37/h7-8,14,18,20-22H,5-6,9-13,15-17H2,1-4H3. The Kier molecular flexibility index (Phi) is 5.91. The van der Waals surface area contributed by atoms with E-state index < -0.39 is 0 Å². The fourth-order valence-electron chi connectivity index (χ4n) is 8.58. The Morgan fingerprint density at radius 3 is 2.23 bits per heavy atom. The van der Waals surface area contributed by atoms with Crippen molar-refractivity contribution < 1.29 is 9.47 Å². The molecule has 4 aliphatic carbocycles. The van der Waals surface area contributed by atoms with Crippen LogP contribution in [0, 0.1) is 17.8 Å². The third-order valence-electron chi connectivity index (χ3n) is 9.87. The maximum atomic E-state index is 13.4. The van der Waals surface area contributed by atoms with Gasteiger partial charge >= 0.3 is 5.69 Å². The Hall–Kier alpha value is -3.49. The summed E-state index contributed by atoms with van der Waals surface area (Å²) >= 11 is 0. The largest absolute Gasteiger partial charge is 0.490 e. The molecular weight excluding hydrogens is 506 g/mol. The second-order valence-corrected chi connectivity index (χ2v) is 12.4. The van der Waals surface area contributed by atoms with Gasteiger partial charge in [0.25, 0.3) is 5.56 Å². The number of imidazole rings is 2. The summed E-state index contributed by atoms with van der Waals surface area (Å²) in [6.45, 7) is 5.85. The monoisotopic (exact) mass is 545 g/mol. The fraction of sp³-hybridized carbons (Fsp3) is 0.581. The Labute approximate surface area is 233 Å². The highest BCUT2D eigenvalue weighted by Crippen LogP contribution is 2.61. The van der Waals surface area contributed by atoms with Crippen LogP contribution in [0.2, 0.25) is 0 Å². The summed E-state index contributed by atoms with van der Waals surface area (Å²) in [5.41, 5.74) is 2.86. The topological polar surface area (TPSA) is 84.7 Å². The molecule has 4 aromatic rings. The van der Waals surface area contributed by atoms with Gasteiger partial charge in [0.1, 0.15) is 0 Å². The van der Waals surface area contributed by atoms with Crippen LogP contribution < -0.4 is 20.7 Å². The first-order chi connectivity index (χ1) is 19.3. The molecule has 212 valence electrons. The number of aryl methyl sites for hydroxylation is 3. The van der Waals surface area contributed by atoms with E-state index in [0.717, 1.165) is 53.6 Å². The van der Waals surface area contributed by atoms with Gasteiger partial charge in [-0.25, -0.2) is 4.79 Å². The zero-order chi connectivity index (χ0) is 27.8. The Morgan fingerprint density at radius 1 is 0.925 bits per heavy atom. The fourth-order valence-corrected chi connectivity index (χ4v) is 8.58. The number of rotatable bonds is 8. The van der Waals surface area contributed by atoms with E-state index in [9.17, 15) is 9.59 Å². The molecule has 4 fully saturated rings. The van der Waals surface area contributed by atoms with E-state index in [0.29, 0.717) is 24.4 Å². The quantitative estimate of drug-likeness (QED) is 0.332. The van der Waals surface area contributed by atoms with E-state index in [1.807, 2.05) is 24.3 Å². The van der Waals surface area contributed by atoms with Gasteiger partial charge in [0, 0.05) is 37.9 Å². The summed E-state index contributed by atoms with van der Waals surface area (Å²) in [7, 11) is 3.23. The molecule has 0 aliphatic heterocycles. The molecular formula is C31H39N5O4. The third-order valence-corrected chi connectivity index (χ3v) is 9.87. The lowest BCUT2D eigenvalue weighted by atomic mass is 9.49. The lowest BCUT2D eigenvalue weighted by Crippen LogP contribution is -2.49. The van der Waals surface area contributed by atoms with E-state index in [4.69, 9.17) is 14.5 Å². The van der Waals surface area contributed by atoms with E-state index in [2.05, 4.69) is 22.9 Å². The molecule has 4 bridgehead atoms. The predicted octanol–water partition coefficient (Wildman–Crippen LogP) is 4.19. The zero-order valence-corrected chi connectivity index (χ0v) is 24.0. The molecule has 0 atom stereocenters. The predicted molar refractivity (Wildman–Crippen MR) is 154 cm³/mol. The second-order valence-electron chi connectivity index (χ2n) is 12.4. The van der Waals surface area contributed by atoms with Crippen LogP contribution in [0.3, 0.4) is 0 Å². The number of fused-ring (bicyclic) bond motifs is 3. The summed E-state index contributed by atoms with van der Waals surface area (Å²) < 4.78 is 18.7.